The van der Waals surface area contributed by atoms with E-state index in [1.165, 1.54) is 0 Å². The first-order valence-electron chi connectivity index (χ1n) is 4.84. The van der Waals surface area contributed by atoms with Gasteiger partial charge in [-0.3, -0.25) is 4.98 Å². The SMILES string of the molecule is Cc1ccc(C#Cc2ccccc2)cn1. The Balaban J connectivity index is 2.22. The molecular formula is C14H11N. The van der Waals surface area contributed by atoms with Crippen molar-refractivity contribution in [1.82, 2.24) is 4.98 Å². The van der Waals surface area contributed by atoms with Crippen molar-refractivity contribution in [1.29, 1.82) is 0 Å². The quantitative estimate of drug-likeness (QED) is 0.586. The number of aromatic nitrogens is 1. The van der Waals surface area contributed by atoms with Gasteiger partial charge in [0.2, 0.25) is 0 Å². The molecule has 1 nitrogen and oxygen atoms in total. The summed E-state index contributed by atoms with van der Waals surface area (Å²) in [6.45, 7) is 1.97. The summed E-state index contributed by atoms with van der Waals surface area (Å²) in [5.41, 5.74) is 2.99. The predicted molar refractivity (Wildman–Crippen MR) is 61.4 cm³/mol. The molecule has 0 aliphatic rings. The maximum atomic E-state index is 4.19. The van der Waals surface area contributed by atoms with Crippen molar-refractivity contribution in [2.24, 2.45) is 0 Å². The third-order valence-electron chi connectivity index (χ3n) is 2.04. The van der Waals surface area contributed by atoms with Crippen LogP contribution in [-0.4, -0.2) is 4.98 Å². The van der Waals surface area contributed by atoms with Crippen LogP contribution in [0.25, 0.3) is 0 Å². The van der Waals surface area contributed by atoms with E-state index in [4.69, 9.17) is 0 Å². The molecule has 0 aliphatic carbocycles. The van der Waals surface area contributed by atoms with Crippen molar-refractivity contribution in [3.8, 4) is 11.8 Å². The highest BCUT2D eigenvalue weighted by Crippen LogP contribution is 1.99. The van der Waals surface area contributed by atoms with Gasteiger partial charge in [-0.1, -0.05) is 30.0 Å². The number of pyridine rings is 1. The molecule has 0 unspecified atom stereocenters. The Labute approximate surface area is 89.8 Å². The first kappa shape index (κ1) is 9.48. The molecule has 0 N–H and O–H groups in total. The lowest BCUT2D eigenvalue weighted by Crippen LogP contribution is -1.81. The lowest BCUT2D eigenvalue weighted by atomic mass is 10.2. The minimum atomic E-state index is 0.949. The maximum Gasteiger partial charge on any atom is 0.0432 e. The van der Waals surface area contributed by atoms with Gasteiger partial charge in [-0.2, -0.15) is 0 Å². The van der Waals surface area contributed by atoms with Crippen LogP contribution in [0.2, 0.25) is 0 Å². The van der Waals surface area contributed by atoms with E-state index in [0.717, 1.165) is 16.8 Å². The molecule has 0 atom stereocenters. The number of aryl methyl sites for hydroxylation is 1. The van der Waals surface area contributed by atoms with Crippen molar-refractivity contribution in [2.45, 2.75) is 6.92 Å². The highest BCUT2D eigenvalue weighted by atomic mass is 14.6. The zero-order valence-corrected chi connectivity index (χ0v) is 8.57. The number of hydrogen-bond acceptors (Lipinski definition) is 1. The molecule has 0 aliphatic heterocycles. The molecule has 0 bridgehead atoms. The van der Waals surface area contributed by atoms with E-state index in [2.05, 4.69) is 16.8 Å². The molecule has 0 amide bonds. The van der Waals surface area contributed by atoms with E-state index in [0.29, 0.717) is 0 Å². The summed E-state index contributed by atoms with van der Waals surface area (Å²) in [6, 6.07) is 13.9. The molecule has 2 aromatic rings. The Morgan fingerprint density at radius 2 is 1.60 bits per heavy atom. The average molecular weight is 193 g/mol. The van der Waals surface area contributed by atoms with Gasteiger partial charge < -0.3 is 0 Å². The van der Waals surface area contributed by atoms with Gasteiger partial charge in [0, 0.05) is 23.0 Å². The summed E-state index contributed by atoms with van der Waals surface area (Å²) >= 11 is 0. The standard InChI is InChI=1S/C14H11N/c1-12-7-8-14(11-15-12)10-9-13-5-3-2-4-6-13/h2-8,11H,1H3. The summed E-state index contributed by atoms with van der Waals surface area (Å²) in [7, 11) is 0. The normalized spacial score (nSPS) is 9.13. The van der Waals surface area contributed by atoms with Crippen molar-refractivity contribution in [3.63, 3.8) is 0 Å². The van der Waals surface area contributed by atoms with Crippen LogP contribution in [0.1, 0.15) is 16.8 Å². The minimum absolute atomic E-state index is 0.949. The number of rotatable bonds is 0. The molecule has 0 radical (unpaired) electrons. The third kappa shape index (κ3) is 2.69. The van der Waals surface area contributed by atoms with Crippen LogP contribution >= 0.6 is 0 Å². The fourth-order valence-electron chi connectivity index (χ4n) is 1.21. The lowest BCUT2D eigenvalue weighted by Gasteiger charge is -1.91. The van der Waals surface area contributed by atoms with E-state index in [1.54, 1.807) is 6.20 Å². The van der Waals surface area contributed by atoms with E-state index in [-0.39, 0.29) is 0 Å². The van der Waals surface area contributed by atoms with Crippen LogP contribution < -0.4 is 0 Å². The molecule has 1 heteroatoms. The van der Waals surface area contributed by atoms with E-state index < -0.39 is 0 Å². The largest absolute Gasteiger partial charge is 0.260 e. The topological polar surface area (TPSA) is 12.9 Å². The third-order valence-corrected chi connectivity index (χ3v) is 2.04. The fraction of sp³-hybridized carbons (Fsp3) is 0.0714. The first-order valence-corrected chi connectivity index (χ1v) is 4.84. The highest BCUT2D eigenvalue weighted by Gasteiger charge is 1.87. The Bertz CT molecular complexity index is 486. The van der Waals surface area contributed by atoms with E-state index >= 15 is 0 Å². The van der Waals surface area contributed by atoms with Crippen molar-refractivity contribution in [2.75, 3.05) is 0 Å². The second-order valence-corrected chi connectivity index (χ2v) is 3.30. The van der Waals surface area contributed by atoms with Gasteiger partial charge in [0.15, 0.2) is 0 Å². The molecule has 0 fully saturated rings. The Hall–Kier alpha value is -2.07. The summed E-state index contributed by atoms with van der Waals surface area (Å²) in [6.07, 6.45) is 1.80. The Morgan fingerprint density at radius 1 is 0.867 bits per heavy atom. The second kappa shape index (κ2) is 4.43. The van der Waals surface area contributed by atoms with Crippen LogP contribution in [0.5, 0.6) is 0 Å². The van der Waals surface area contributed by atoms with Crippen molar-refractivity contribution >= 4 is 0 Å². The van der Waals surface area contributed by atoms with Crippen molar-refractivity contribution < 1.29 is 0 Å². The highest BCUT2D eigenvalue weighted by molar-refractivity contribution is 5.41. The maximum absolute atomic E-state index is 4.19. The number of hydrogen-bond donors (Lipinski definition) is 0. The van der Waals surface area contributed by atoms with Crippen LogP contribution in [0.15, 0.2) is 48.7 Å². The monoisotopic (exact) mass is 193 g/mol. The zero-order chi connectivity index (χ0) is 10.5. The molecular weight excluding hydrogens is 182 g/mol. The fourth-order valence-corrected chi connectivity index (χ4v) is 1.21. The van der Waals surface area contributed by atoms with Crippen LogP contribution in [0.4, 0.5) is 0 Å². The Morgan fingerprint density at radius 3 is 2.27 bits per heavy atom. The van der Waals surface area contributed by atoms with Crippen LogP contribution in [-0.2, 0) is 0 Å². The van der Waals surface area contributed by atoms with Gasteiger partial charge in [-0.15, -0.1) is 0 Å². The molecule has 1 aromatic heterocycles. The molecule has 0 saturated carbocycles. The van der Waals surface area contributed by atoms with Crippen LogP contribution in [0.3, 0.4) is 0 Å². The van der Waals surface area contributed by atoms with Crippen molar-refractivity contribution in [3.05, 3.63) is 65.5 Å². The minimum Gasteiger partial charge on any atom is -0.260 e. The summed E-state index contributed by atoms with van der Waals surface area (Å²) in [5.74, 6) is 6.17. The molecule has 1 aromatic carbocycles. The molecule has 15 heavy (non-hydrogen) atoms. The molecule has 0 spiro atoms. The van der Waals surface area contributed by atoms with Gasteiger partial charge in [0.1, 0.15) is 0 Å². The molecule has 72 valence electrons. The molecule has 1 heterocycles. The number of benzene rings is 1. The average Bonchev–Trinajstić information content (AvgIpc) is 2.30. The summed E-state index contributed by atoms with van der Waals surface area (Å²) in [5, 5.41) is 0. The van der Waals surface area contributed by atoms with E-state index in [9.17, 15) is 0 Å². The van der Waals surface area contributed by atoms with Gasteiger partial charge in [0.25, 0.3) is 0 Å². The van der Waals surface area contributed by atoms with Crippen LogP contribution in [0, 0.1) is 18.8 Å². The molecule has 0 saturated heterocycles. The lowest BCUT2D eigenvalue weighted by molar-refractivity contribution is 1.19. The summed E-state index contributed by atoms with van der Waals surface area (Å²) < 4.78 is 0. The zero-order valence-electron chi connectivity index (χ0n) is 8.57. The predicted octanol–water partition coefficient (Wildman–Crippen LogP) is 2.79. The second-order valence-electron chi connectivity index (χ2n) is 3.30. The van der Waals surface area contributed by atoms with E-state index in [1.807, 2.05) is 49.4 Å². The number of nitrogens with zero attached hydrogens (tertiary/aromatic N) is 1. The smallest absolute Gasteiger partial charge is 0.0432 e. The molecule has 2 rings (SSSR count). The first-order chi connectivity index (χ1) is 7.34. The van der Waals surface area contributed by atoms with Gasteiger partial charge in [0.05, 0.1) is 0 Å². The van der Waals surface area contributed by atoms with Gasteiger partial charge >= 0.3 is 0 Å². The Kier molecular flexibility index (Phi) is 2.80. The van der Waals surface area contributed by atoms with Gasteiger partial charge in [-0.05, 0) is 31.2 Å². The van der Waals surface area contributed by atoms with Gasteiger partial charge in [-0.25, -0.2) is 0 Å². The summed E-state index contributed by atoms with van der Waals surface area (Å²) in [4.78, 5) is 4.19.